The van der Waals surface area contributed by atoms with Crippen LogP contribution in [0.3, 0.4) is 0 Å². The molecule has 33 heavy (non-hydrogen) atoms. The number of ether oxygens (including phenoxy) is 2. The maximum absolute atomic E-state index is 13.2. The minimum atomic E-state index is -0.839. The minimum absolute atomic E-state index is 0.00685. The number of nitrogens with one attached hydrogen (secondary N) is 1. The molecule has 9 nitrogen and oxygen atoms in total. The number of imide groups is 1. The van der Waals surface area contributed by atoms with E-state index in [1.165, 1.54) is 30.8 Å². The van der Waals surface area contributed by atoms with Gasteiger partial charge in [-0.05, 0) is 17.7 Å². The van der Waals surface area contributed by atoms with Crippen molar-refractivity contribution in [3.05, 3.63) is 59.2 Å². The van der Waals surface area contributed by atoms with Crippen LogP contribution in [0.5, 0.6) is 0 Å². The molecule has 0 aliphatic carbocycles. The maximum Gasteiger partial charge on any atom is 0.340 e. The highest BCUT2D eigenvalue weighted by Gasteiger charge is 2.42. The van der Waals surface area contributed by atoms with E-state index >= 15 is 0 Å². The van der Waals surface area contributed by atoms with Crippen LogP contribution in [0.4, 0.5) is 11.4 Å². The first-order valence-electron chi connectivity index (χ1n) is 9.91. The van der Waals surface area contributed by atoms with Crippen LogP contribution in [0.1, 0.15) is 39.6 Å². The third-order valence-electron chi connectivity index (χ3n) is 4.90. The number of esters is 2. The zero-order valence-corrected chi connectivity index (χ0v) is 19.1. The summed E-state index contributed by atoms with van der Waals surface area (Å²) in [5.41, 5.74) is 0.631. The van der Waals surface area contributed by atoms with Gasteiger partial charge in [-0.2, -0.15) is 0 Å². The molecule has 1 aliphatic rings. The van der Waals surface area contributed by atoms with Crippen molar-refractivity contribution in [3.8, 4) is 0 Å². The van der Waals surface area contributed by atoms with Crippen LogP contribution in [-0.2, 0) is 29.6 Å². The highest BCUT2D eigenvalue weighted by Crippen LogP contribution is 2.36. The highest BCUT2D eigenvalue weighted by atomic mass is 32.2. The normalized spacial score (nSPS) is 15.4. The van der Waals surface area contributed by atoms with Gasteiger partial charge >= 0.3 is 11.9 Å². The second-order valence-corrected chi connectivity index (χ2v) is 8.33. The van der Waals surface area contributed by atoms with Gasteiger partial charge in [-0.15, -0.1) is 11.8 Å². The molecule has 1 heterocycles. The molecule has 1 N–H and O–H groups in total. The third kappa shape index (κ3) is 5.23. The van der Waals surface area contributed by atoms with Crippen LogP contribution in [0, 0.1) is 0 Å². The number of nitrogens with zero attached hydrogens (tertiary/aromatic N) is 1. The summed E-state index contributed by atoms with van der Waals surface area (Å²) in [4.78, 5) is 63.3. The van der Waals surface area contributed by atoms with Gasteiger partial charge in [0, 0.05) is 19.1 Å². The van der Waals surface area contributed by atoms with Crippen molar-refractivity contribution in [1.82, 2.24) is 0 Å². The fourth-order valence-corrected chi connectivity index (χ4v) is 4.47. The standard InChI is InChI=1S/C23H22N2O7S/c1-13(26)24-17-9-16(23(30)32-3)18(10-15(17)22(29)31-2)25-20(27)11-19(21(25)28)33-12-14-7-5-4-6-8-14/h4-10,19H,11-12H2,1-3H3,(H,24,26). The lowest BCUT2D eigenvalue weighted by molar-refractivity contribution is -0.121. The molecule has 1 aliphatic heterocycles. The van der Waals surface area contributed by atoms with Gasteiger partial charge in [0.15, 0.2) is 0 Å². The Balaban J connectivity index is 2.01. The molecule has 1 fully saturated rings. The number of anilines is 2. The summed E-state index contributed by atoms with van der Waals surface area (Å²) in [7, 11) is 2.29. The Morgan fingerprint density at radius 3 is 2.27 bits per heavy atom. The molecular weight excluding hydrogens is 448 g/mol. The molecular formula is C23H22N2O7S. The average Bonchev–Trinajstić information content (AvgIpc) is 3.09. The van der Waals surface area contributed by atoms with E-state index in [9.17, 15) is 24.0 Å². The zero-order valence-electron chi connectivity index (χ0n) is 18.2. The Kier molecular flexibility index (Phi) is 7.49. The summed E-state index contributed by atoms with van der Waals surface area (Å²) in [5, 5.41) is 1.80. The van der Waals surface area contributed by atoms with Crippen molar-refractivity contribution >= 4 is 52.8 Å². The number of thioether (sulfide) groups is 1. The summed E-state index contributed by atoms with van der Waals surface area (Å²) in [6.45, 7) is 1.23. The molecule has 0 aromatic heterocycles. The summed E-state index contributed by atoms with van der Waals surface area (Å²) in [6.07, 6.45) is -0.0576. The first-order chi connectivity index (χ1) is 15.8. The fourth-order valence-electron chi connectivity index (χ4n) is 3.38. The van der Waals surface area contributed by atoms with E-state index in [2.05, 4.69) is 5.32 Å². The van der Waals surface area contributed by atoms with E-state index in [4.69, 9.17) is 9.47 Å². The second kappa shape index (κ2) is 10.3. The van der Waals surface area contributed by atoms with Gasteiger partial charge in [-0.25, -0.2) is 14.5 Å². The lowest BCUT2D eigenvalue weighted by atomic mass is 10.0. The number of carbonyl (C=O) groups is 5. The molecule has 172 valence electrons. The summed E-state index contributed by atoms with van der Waals surface area (Å²) < 4.78 is 9.57. The van der Waals surface area contributed by atoms with Crippen molar-refractivity contribution in [2.45, 2.75) is 24.3 Å². The van der Waals surface area contributed by atoms with E-state index in [0.29, 0.717) is 5.75 Å². The molecule has 0 saturated carbocycles. The first-order valence-corrected chi connectivity index (χ1v) is 11.0. The van der Waals surface area contributed by atoms with E-state index < -0.39 is 34.9 Å². The van der Waals surface area contributed by atoms with E-state index in [1.807, 2.05) is 30.3 Å². The number of amides is 3. The van der Waals surface area contributed by atoms with Crippen molar-refractivity contribution in [3.63, 3.8) is 0 Å². The quantitative estimate of drug-likeness (QED) is 0.485. The monoisotopic (exact) mass is 470 g/mol. The molecule has 0 bridgehead atoms. The number of rotatable bonds is 7. The molecule has 1 saturated heterocycles. The Bertz CT molecular complexity index is 1120. The lowest BCUT2D eigenvalue weighted by Crippen LogP contribution is -2.33. The van der Waals surface area contributed by atoms with Gasteiger partial charge in [0.05, 0.1) is 42.0 Å². The van der Waals surface area contributed by atoms with Gasteiger partial charge in [-0.1, -0.05) is 30.3 Å². The SMILES string of the molecule is COC(=O)c1cc(N2C(=O)CC(SCc3ccccc3)C2=O)c(C(=O)OC)cc1NC(C)=O. The maximum atomic E-state index is 13.2. The Hall–Kier alpha value is -3.66. The average molecular weight is 471 g/mol. The van der Waals surface area contributed by atoms with Gasteiger partial charge in [0.1, 0.15) is 0 Å². The number of methoxy groups -OCH3 is 2. The summed E-state index contributed by atoms with van der Waals surface area (Å²) in [6, 6.07) is 11.9. The molecule has 3 amide bonds. The van der Waals surface area contributed by atoms with Gasteiger partial charge in [-0.3, -0.25) is 14.4 Å². The minimum Gasteiger partial charge on any atom is -0.465 e. The van der Waals surface area contributed by atoms with E-state index in [1.54, 1.807) is 0 Å². The molecule has 3 rings (SSSR count). The van der Waals surface area contributed by atoms with Gasteiger partial charge < -0.3 is 14.8 Å². The first kappa shape index (κ1) is 24.0. The predicted molar refractivity (Wildman–Crippen MR) is 122 cm³/mol. The van der Waals surface area contributed by atoms with Crippen LogP contribution < -0.4 is 10.2 Å². The Morgan fingerprint density at radius 1 is 1.03 bits per heavy atom. The van der Waals surface area contributed by atoms with Crippen molar-refractivity contribution < 1.29 is 33.4 Å². The van der Waals surface area contributed by atoms with Crippen molar-refractivity contribution in [1.29, 1.82) is 0 Å². The topological polar surface area (TPSA) is 119 Å². The summed E-state index contributed by atoms with van der Waals surface area (Å²) in [5.74, 6) is -2.64. The largest absolute Gasteiger partial charge is 0.465 e. The molecule has 2 aromatic rings. The van der Waals surface area contributed by atoms with Crippen LogP contribution in [-0.4, -0.2) is 49.1 Å². The smallest absolute Gasteiger partial charge is 0.340 e. The van der Waals surface area contributed by atoms with Crippen LogP contribution in [0.2, 0.25) is 0 Å². The number of benzene rings is 2. The fraction of sp³-hybridized carbons (Fsp3) is 0.261. The number of hydrogen-bond donors (Lipinski definition) is 1. The molecule has 2 aromatic carbocycles. The highest BCUT2D eigenvalue weighted by molar-refractivity contribution is 7.99. The van der Waals surface area contributed by atoms with Gasteiger partial charge in [0.25, 0.3) is 0 Å². The Morgan fingerprint density at radius 2 is 1.67 bits per heavy atom. The molecule has 1 atom stereocenters. The van der Waals surface area contributed by atoms with Crippen molar-refractivity contribution in [2.24, 2.45) is 0 Å². The number of carbonyl (C=O) groups excluding carboxylic acids is 5. The van der Waals surface area contributed by atoms with Crippen LogP contribution >= 0.6 is 11.8 Å². The molecule has 10 heteroatoms. The number of hydrogen-bond acceptors (Lipinski definition) is 8. The lowest BCUT2D eigenvalue weighted by Gasteiger charge is -2.20. The van der Waals surface area contributed by atoms with E-state index in [0.717, 1.165) is 24.7 Å². The predicted octanol–water partition coefficient (Wildman–Crippen LogP) is 2.78. The zero-order chi connectivity index (χ0) is 24.1. The molecule has 1 unspecified atom stereocenters. The molecule has 0 radical (unpaired) electrons. The van der Waals surface area contributed by atoms with Crippen molar-refractivity contribution in [2.75, 3.05) is 24.4 Å². The Labute approximate surface area is 194 Å². The van der Waals surface area contributed by atoms with Gasteiger partial charge in [0.2, 0.25) is 17.7 Å². The summed E-state index contributed by atoms with van der Waals surface area (Å²) >= 11 is 1.32. The second-order valence-electron chi connectivity index (χ2n) is 7.14. The molecule has 0 spiro atoms. The van der Waals surface area contributed by atoms with E-state index in [-0.39, 0.29) is 28.9 Å². The third-order valence-corrected chi connectivity index (χ3v) is 6.17. The van der Waals surface area contributed by atoms with Crippen LogP contribution in [0.25, 0.3) is 0 Å². The van der Waals surface area contributed by atoms with Crippen LogP contribution in [0.15, 0.2) is 42.5 Å².